The van der Waals surface area contributed by atoms with Crippen LogP contribution in [0.2, 0.25) is 0 Å². The van der Waals surface area contributed by atoms with E-state index in [1.165, 1.54) is 46.4 Å². The Kier molecular flexibility index (Phi) is 2.60. The first-order chi connectivity index (χ1) is 9.74. The zero-order valence-corrected chi connectivity index (χ0v) is 12.2. The molecule has 0 fully saturated rings. The fourth-order valence-electron chi connectivity index (χ4n) is 3.62. The molecule has 20 heavy (non-hydrogen) atoms. The number of rotatable bonds is 1. The van der Waals surface area contributed by atoms with Gasteiger partial charge in [-0.1, -0.05) is 56.3 Å². The van der Waals surface area contributed by atoms with E-state index in [9.17, 15) is 0 Å². The lowest BCUT2D eigenvalue weighted by molar-refractivity contribution is 0.869. The lowest BCUT2D eigenvalue weighted by Crippen LogP contribution is -1.89. The Bertz CT molecular complexity index is 809. The number of aryl methyl sites for hydroxylation is 2. The van der Waals surface area contributed by atoms with E-state index in [-0.39, 0.29) is 0 Å². The Labute approximate surface area is 120 Å². The molecule has 0 unspecified atom stereocenters. The Morgan fingerprint density at radius 1 is 0.800 bits per heavy atom. The fourth-order valence-corrected chi connectivity index (χ4v) is 3.62. The average Bonchev–Trinajstić information content (AvgIpc) is 2.94. The summed E-state index contributed by atoms with van der Waals surface area (Å²) in [5, 5.41) is 5.69. The first kappa shape index (κ1) is 12.0. The summed E-state index contributed by atoms with van der Waals surface area (Å²) in [7, 11) is 0. The fraction of sp³-hybridized carbons (Fsp3) is 0.300. The number of hydrogen-bond acceptors (Lipinski definition) is 0. The molecule has 100 valence electrons. The summed E-state index contributed by atoms with van der Waals surface area (Å²) < 4.78 is 0. The molecule has 0 atom stereocenters. The van der Waals surface area contributed by atoms with Crippen molar-refractivity contribution in [3.63, 3.8) is 0 Å². The molecule has 0 aromatic heterocycles. The highest BCUT2D eigenvalue weighted by atomic mass is 14.2. The Morgan fingerprint density at radius 2 is 1.60 bits per heavy atom. The molecule has 0 nitrogen and oxygen atoms in total. The van der Waals surface area contributed by atoms with Crippen LogP contribution in [0.25, 0.3) is 21.5 Å². The van der Waals surface area contributed by atoms with E-state index in [0.29, 0.717) is 5.92 Å². The van der Waals surface area contributed by atoms with Gasteiger partial charge in [0, 0.05) is 0 Å². The molecule has 3 aromatic rings. The third-order valence-electron chi connectivity index (χ3n) is 4.79. The number of hydrogen-bond donors (Lipinski definition) is 0. The molecular formula is C20H20. The summed E-state index contributed by atoms with van der Waals surface area (Å²) in [5.74, 6) is 0.593. The van der Waals surface area contributed by atoms with E-state index in [0.717, 1.165) is 0 Å². The molecule has 0 aliphatic heterocycles. The van der Waals surface area contributed by atoms with Crippen LogP contribution in [0, 0.1) is 0 Å². The van der Waals surface area contributed by atoms with Gasteiger partial charge in [-0.3, -0.25) is 0 Å². The van der Waals surface area contributed by atoms with Crippen LogP contribution in [0.4, 0.5) is 0 Å². The Morgan fingerprint density at radius 3 is 2.45 bits per heavy atom. The van der Waals surface area contributed by atoms with Crippen molar-refractivity contribution in [2.45, 2.75) is 39.0 Å². The highest BCUT2D eigenvalue weighted by Crippen LogP contribution is 2.34. The van der Waals surface area contributed by atoms with Crippen molar-refractivity contribution in [2.24, 2.45) is 0 Å². The van der Waals surface area contributed by atoms with E-state index < -0.39 is 0 Å². The summed E-state index contributed by atoms with van der Waals surface area (Å²) in [6.07, 6.45) is 3.83. The average molecular weight is 260 g/mol. The molecule has 3 aromatic carbocycles. The third kappa shape index (κ3) is 1.67. The summed E-state index contributed by atoms with van der Waals surface area (Å²) >= 11 is 0. The van der Waals surface area contributed by atoms with Gasteiger partial charge >= 0.3 is 0 Å². The van der Waals surface area contributed by atoms with Gasteiger partial charge in [0.25, 0.3) is 0 Å². The first-order valence-electron chi connectivity index (χ1n) is 7.71. The maximum atomic E-state index is 2.35. The molecule has 0 amide bonds. The largest absolute Gasteiger partial charge is 0.0587 e. The molecule has 0 radical (unpaired) electrons. The van der Waals surface area contributed by atoms with Crippen LogP contribution in [-0.4, -0.2) is 0 Å². The molecule has 4 rings (SSSR count). The normalized spacial score (nSPS) is 14.3. The molecule has 0 saturated carbocycles. The molecular weight excluding hydrogens is 240 g/mol. The summed E-state index contributed by atoms with van der Waals surface area (Å²) in [6, 6.07) is 16.3. The second-order valence-electron chi connectivity index (χ2n) is 6.35. The van der Waals surface area contributed by atoms with Gasteiger partial charge in [-0.25, -0.2) is 0 Å². The summed E-state index contributed by atoms with van der Waals surface area (Å²) in [6.45, 7) is 4.52. The van der Waals surface area contributed by atoms with Crippen LogP contribution in [0.3, 0.4) is 0 Å². The molecule has 0 spiro atoms. The predicted molar refractivity (Wildman–Crippen MR) is 87.6 cm³/mol. The lowest BCUT2D eigenvalue weighted by atomic mass is 9.93. The van der Waals surface area contributed by atoms with Gasteiger partial charge in [-0.2, -0.15) is 0 Å². The standard InChI is InChI=1S/C20H20/c1-13(2)15-7-9-18-16(12-15)8-11-19-17-5-3-4-14(17)6-10-20(18)19/h6-13H,3-5H2,1-2H3. The van der Waals surface area contributed by atoms with Gasteiger partial charge in [-0.05, 0) is 63.4 Å². The second kappa shape index (κ2) is 4.34. The lowest BCUT2D eigenvalue weighted by Gasteiger charge is -2.11. The molecule has 1 aliphatic carbocycles. The quantitative estimate of drug-likeness (QED) is 0.499. The maximum Gasteiger partial charge on any atom is -0.0102 e. The van der Waals surface area contributed by atoms with Crippen molar-refractivity contribution in [1.29, 1.82) is 0 Å². The van der Waals surface area contributed by atoms with Crippen LogP contribution in [0.5, 0.6) is 0 Å². The molecule has 0 heterocycles. The van der Waals surface area contributed by atoms with Crippen molar-refractivity contribution in [3.05, 3.63) is 59.2 Å². The van der Waals surface area contributed by atoms with Crippen LogP contribution in [-0.2, 0) is 12.8 Å². The molecule has 0 saturated heterocycles. The van der Waals surface area contributed by atoms with Crippen LogP contribution in [0.1, 0.15) is 42.9 Å². The number of fused-ring (bicyclic) bond motifs is 5. The SMILES string of the molecule is CC(C)c1ccc2c(ccc3c4c(ccc32)CCC4)c1. The van der Waals surface area contributed by atoms with Crippen LogP contribution >= 0.6 is 0 Å². The van der Waals surface area contributed by atoms with Crippen molar-refractivity contribution in [1.82, 2.24) is 0 Å². The topological polar surface area (TPSA) is 0 Å². The van der Waals surface area contributed by atoms with Gasteiger partial charge < -0.3 is 0 Å². The monoisotopic (exact) mass is 260 g/mol. The van der Waals surface area contributed by atoms with Gasteiger partial charge in [0.05, 0.1) is 0 Å². The first-order valence-corrected chi connectivity index (χ1v) is 7.71. The zero-order valence-electron chi connectivity index (χ0n) is 12.2. The molecule has 1 aliphatic rings. The van der Waals surface area contributed by atoms with Crippen LogP contribution in [0.15, 0.2) is 42.5 Å². The van der Waals surface area contributed by atoms with Gasteiger partial charge in [-0.15, -0.1) is 0 Å². The molecule has 0 heteroatoms. The van der Waals surface area contributed by atoms with Gasteiger partial charge in [0.1, 0.15) is 0 Å². The van der Waals surface area contributed by atoms with E-state index in [2.05, 4.69) is 56.3 Å². The van der Waals surface area contributed by atoms with Crippen molar-refractivity contribution < 1.29 is 0 Å². The highest BCUT2D eigenvalue weighted by Gasteiger charge is 2.14. The van der Waals surface area contributed by atoms with Crippen molar-refractivity contribution in [2.75, 3.05) is 0 Å². The van der Waals surface area contributed by atoms with Crippen molar-refractivity contribution in [3.8, 4) is 0 Å². The Hall–Kier alpha value is -1.82. The van der Waals surface area contributed by atoms with E-state index >= 15 is 0 Å². The summed E-state index contributed by atoms with van der Waals surface area (Å²) in [5.41, 5.74) is 4.59. The Balaban J connectivity index is 2.05. The van der Waals surface area contributed by atoms with E-state index in [1.54, 1.807) is 11.1 Å². The zero-order chi connectivity index (χ0) is 13.7. The third-order valence-corrected chi connectivity index (χ3v) is 4.79. The smallest absolute Gasteiger partial charge is 0.0102 e. The van der Waals surface area contributed by atoms with Crippen molar-refractivity contribution >= 4 is 21.5 Å². The van der Waals surface area contributed by atoms with Gasteiger partial charge in [0.15, 0.2) is 0 Å². The second-order valence-corrected chi connectivity index (χ2v) is 6.35. The minimum atomic E-state index is 0.593. The minimum Gasteiger partial charge on any atom is -0.0587 e. The van der Waals surface area contributed by atoms with Gasteiger partial charge in [0.2, 0.25) is 0 Å². The predicted octanol–water partition coefficient (Wildman–Crippen LogP) is 5.61. The molecule has 0 N–H and O–H groups in total. The maximum absolute atomic E-state index is 2.35. The molecule has 0 bridgehead atoms. The summed E-state index contributed by atoms with van der Waals surface area (Å²) in [4.78, 5) is 0. The number of benzene rings is 3. The van der Waals surface area contributed by atoms with Crippen LogP contribution < -0.4 is 0 Å². The van der Waals surface area contributed by atoms with E-state index in [1.807, 2.05) is 0 Å². The highest BCUT2D eigenvalue weighted by molar-refractivity contribution is 6.09. The minimum absolute atomic E-state index is 0.593. The van der Waals surface area contributed by atoms with E-state index in [4.69, 9.17) is 0 Å².